The molecule has 0 unspecified atom stereocenters. The van der Waals surface area contributed by atoms with E-state index in [1.165, 1.54) is 25.1 Å². The van der Waals surface area contributed by atoms with E-state index >= 15 is 0 Å². The van der Waals surface area contributed by atoms with Crippen molar-refractivity contribution in [3.05, 3.63) is 24.3 Å². The van der Waals surface area contributed by atoms with E-state index in [4.69, 9.17) is 9.79 Å². The van der Waals surface area contributed by atoms with Crippen LogP contribution >= 0.6 is 7.60 Å². The topological polar surface area (TPSA) is 86.6 Å². The molecule has 0 aromatic heterocycles. The fraction of sp³-hybridized carbons (Fsp3) is 0.125. The summed E-state index contributed by atoms with van der Waals surface area (Å²) in [5.74, 6) is -0.370. The van der Waals surface area contributed by atoms with Crippen molar-refractivity contribution in [3.63, 3.8) is 0 Å². The number of rotatable bonds is 2. The second-order valence-electron chi connectivity index (χ2n) is 2.74. The number of amides is 1. The van der Waals surface area contributed by atoms with Crippen molar-refractivity contribution in [2.45, 2.75) is 6.92 Å². The van der Waals surface area contributed by atoms with E-state index in [1.807, 2.05) is 0 Å². The Kier molecular flexibility index (Phi) is 3.06. The van der Waals surface area contributed by atoms with Gasteiger partial charge in [-0.3, -0.25) is 9.36 Å². The van der Waals surface area contributed by atoms with Gasteiger partial charge in [-0.2, -0.15) is 0 Å². The zero-order valence-corrected chi connectivity index (χ0v) is 8.36. The fourth-order valence-electron chi connectivity index (χ4n) is 1.02. The number of carbonyl (C=O) groups excluding carboxylic acids is 1. The molecule has 14 heavy (non-hydrogen) atoms. The molecule has 0 spiro atoms. The first-order valence-electron chi connectivity index (χ1n) is 3.84. The number of para-hydroxylation sites is 1. The quantitative estimate of drug-likeness (QED) is 0.625. The third-order valence-electron chi connectivity index (χ3n) is 1.53. The first-order valence-corrected chi connectivity index (χ1v) is 5.45. The van der Waals surface area contributed by atoms with Gasteiger partial charge >= 0.3 is 7.60 Å². The van der Waals surface area contributed by atoms with Gasteiger partial charge in [0.2, 0.25) is 5.91 Å². The molecule has 5 nitrogen and oxygen atoms in total. The first-order chi connectivity index (χ1) is 6.41. The Morgan fingerprint density at radius 1 is 1.36 bits per heavy atom. The number of hydrogen-bond acceptors (Lipinski definition) is 2. The van der Waals surface area contributed by atoms with Gasteiger partial charge < -0.3 is 15.1 Å². The van der Waals surface area contributed by atoms with Crippen LogP contribution in [0.4, 0.5) is 5.69 Å². The summed E-state index contributed by atoms with van der Waals surface area (Å²) in [5.41, 5.74) is 0.147. The lowest BCUT2D eigenvalue weighted by molar-refractivity contribution is -0.114. The minimum atomic E-state index is -4.33. The molecule has 1 aromatic rings. The molecule has 0 aliphatic heterocycles. The maximum atomic E-state index is 11.0. The molecule has 0 aliphatic carbocycles. The Morgan fingerprint density at radius 2 is 1.93 bits per heavy atom. The first kappa shape index (κ1) is 10.9. The fourth-order valence-corrected chi connectivity index (χ4v) is 1.75. The highest BCUT2D eigenvalue weighted by Gasteiger charge is 2.21. The highest BCUT2D eigenvalue weighted by atomic mass is 31.2. The second-order valence-corrected chi connectivity index (χ2v) is 4.31. The summed E-state index contributed by atoms with van der Waals surface area (Å²) >= 11 is 0. The molecule has 3 N–H and O–H groups in total. The molecule has 0 atom stereocenters. The summed E-state index contributed by atoms with van der Waals surface area (Å²) in [4.78, 5) is 28.6. The summed E-state index contributed by atoms with van der Waals surface area (Å²) in [5, 5.41) is 2.18. The standard InChI is InChI=1S/C8H10NO4P/c1-6(10)9-7-4-2-3-5-8(7)14(11,12)13/h2-5H,1H3,(H,9,10)(H2,11,12,13). The van der Waals surface area contributed by atoms with Crippen molar-refractivity contribution in [2.75, 3.05) is 5.32 Å². The van der Waals surface area contributed by atoms with Crippen LogP contribution in [0.3, 0.4) is 0 Å². The van der Waals surface area contributed by atoms with Gasteiger partial charge in [0.1, 0.15) is 0 Å². The molecule has 0 heterocycles. The van der Waals surface area contributed by atoms with Crippen molar-refractivity contribution in [1.82, 2.24) is 0 Å². The van der Waals surface area contributed by atoms with E-state index in [1.54, 1.807) is 6.07 Å². The van der Waals surface area contributed by atoms with E-state index in [9.17, 15) is 9.36 Å². The van der Waals surface area contributed by atoms with Crippen LogP contribution in [0.15, 0.2) is 24.3 Å². The van der Waals surface area contributed by atoms with Gasteiger partial charge in [-0.25, -0.2) is 0 Å². The van der Waals surface area contributed by atoms with Crippen LogP contribution in [-0.2, 0) is 9.36 Å². The highest BCUT2D eigenvalue weighted by Crippen LogP contribution is 2.36. The van der Waals surface area contributed by atoms with Crippen LogP contribution in [0.1, 0.15) is 6.92 Å². The van der Waals surface area contributed by atoms with Gasteiger partial charge in [0.15, 0.2) is 0 Å². The predicted molar refractivity (Wildman–Crippen MR) is 52.4 cm³/mol. The Hall–Kier alpha value is -1.16. The lowest BCUT2D eigenvalue weighted by Crippen LogP contribution is -2.15. The molecule has 1 aromatic carbocycles. The second kappa shape index (κ2) is 3.92. The smallest absolute Gasteiger partial charge is 0.325 e. The molecule has 6 heteroatoms. The SMILES string of the molecule is CC(=O)Nc1ccccc1P(=O)(O)O. The van der Waals surface area contributed by atoms with Gasteiger partial charge in [-0.15, -0.1) is 0 Å². The van der Waals surface area contributed by atoms with Crippen LogP contribution in [-0.4, -0.2) is 15.7 Å². The van der Waals surface area contributed by atoms with Crippen LogP contribution in [0.5, 0.6) is 0 Å². The van der Waals surface area contributed by atoms with Crippen molar-refractivity contribution < 1.29 is 19.1 Å². The molecule has 0 fully saturated rings. The molecule has 0 saturated carbocycles. The normalized spacial score (nSPS) is 11.1. The summed E-state index contributed by atoms with van der Waals surface area (Å²) < 4.78 is 11.0. The van der Waals surface area contributed by atoms with Crippen LogP contribution in [0, 0.1) is 0 Å². The molecule has 1 rings (SSSR count). The van der Waals surface area contributed by atoms with E-state index in [-0.39, 0.29) is 16.9 Å². The summed E-state index contributed by atoms with van der Waals surface area (Å²) in [6.07, 6.45) is 0. The van der Waals surface area contributed by atoms with Gasteiger partial charge in [-0.1, -0.05) is 12.1 Å². The van der Waals surface area contributed by atoms with Gasteiger partial charge in [0.25, 0.3) is 0 Å². The Balaban J connectivity index is 3.16. The van der Waals surface area contributed by atoms with Crippen molar-refractivity contribution in [1.29, 1.82) is 0 Å². The van der Waals surface area contributed by atoms with Crippen molar-refractivity contribution in [2.24, 2.45) is 0 Å². The maximum absolute atomic E-state index is 11.0. The Bertz CT molecular complexity index is 398. The molecule has 0 bridgehead atoms. The maximum Gasteiger partial charge on any atom is 0.358 e. The number of hydrogen-bond donors (Lipinski definition) is 3. The molecule has 0 aliphatic rings. The third-order valence-corrected chi connectivity index (χ3v) is 2.55. The Morgan fingerprint density at radius 3 is 2.43 bits per heavy atom. The minimum Gasteiger partial charge on any atom is -0.325 e. The van der Waals surface area contributed by atoms with Crippen molar-refractivity contribution >= 4 is 24.5 Å². The highest BCUT2D eigenvalue weighted by molar-refractivity contribution is 7.60. The van der Waals surface area contributed by atoms with E-state index in [0.29, 0.717) is 0 Å². The monoisotopic (exact) mass is 215 g/mol. The molecule has 76 valence electrons. The van der Waals surface area contributed by atoms with Gasteiger partial charge in [-0.05, 0) is 12.1 Å². The summed E-state index contributed by atoms with van der Waals surface area (Å²) in [7, 11) is -4.33. The molecule has 0 radical (unpaired) electrons. The number of carbonyl (C=O) groups is 1. The predicted octanol–water partition coefficient (Wildman–Crippen LogP) is 0.448. The molecule has 0 saturated heterocycles. The average Bonchev–Trinajstić information content (AvgIpc) is 2.01. The lowest BCUT2D eigenvalue weighted by Gasteiger charge is -2.10. The van der Waals surface area contributed by atoms with E-state index in [0.717, 1.165) is 0 Å². The lowest BCUT2D eigenvalue weighted by atomic mass is 10.3. The molecule has 1 amide bonds. The zero-order chi connectivity index (χ0) is 10.8. The van der Waals surface area contributed by atoms with Gasteiger partial charge in [0.05, 0.1) is 11.0 Å². The summed E-state index contributed by atoms with van der Waals surface area (Å²) in [6, 6.07) is 5.81. The third kappa shape index (κ3) is 2.67. The molecular formula is C8H10NO4P. The largest absolute Gasteiger partial charge is 0.358 e. The van der Waals surface area contributed by atoms with E-state index < -0.39 is 7.60 Å². The van der Waals surface area contributed by atoms with Crippen LogP contribution in [0.25, 0.3) is 0 Å². The van der Waals surface area contributed by atoms with Crippen LogP contribution in [0.2, 0.25) is 0 Å². The van der Waals surface area contributed by atoms with Crippen molar-refractivity contribution in [3.8, 4) is 0 Å². The average molecular weight is 215 g/mol. The summed E-state index contributed by atoms with van der Waals surface area (Å²) in [6.45, 7) is 1.27. The Labute approximate surface area is 80.9 Å². The minimum absolute atomic E-state index is 0.147. The number of anilines is 1. The van der Waals surface area contributed by atoms with Crippen LogP contribution < -0.4 is 10.6 Å². The number of benzene rings is 1. The zero-order valence-electron chi connectivity index (χ0n) is 7.47. The van der Waals surface area contributed by atoms with E-state index in [2.05, 4.69) is 5.32 Å². The van der Waals surface area contributed by atoms with Gasteiger partial charge in [0, 0.05) is 6.92 Å². The molecular weight excluding hydrogens is 205 g/mol. The number of nitrogens with one attached hydrogen (secondary N) is 1.